The van der Waals surface area contributed by atoms with Gasteiger partial charge in [-0.3, -0.25) is 4.79 Å². The monoisotopic (exact) mass is 285 g/mol. The van der Waals surface area contributed by atoms with Gasteiger partial charge in [-0.05, 0) is 25.3 Å². The van der Waals surface area contributed by atoms with Gasteiger partial charge in [0.15, 0.2) is 11.5 Å². The van der Waals surface area contributed by atoms with Crippen molar-refractivity contribution in [3.05, 3.63) is 42.1 Å². The molecular weight excluding hydrogens is 266 g/mol. The molecule has 0 bridgehead atoms. The fourth-order valence-electron chi connectivity index (χ4n) is 2.65. The third-order valence-corrected chi connectivity index (χ3v) is 4.02. The van der Waals surface area contributed by atoms with Crippen molar-refractivity contribution in [3.63, 3.8) is 0 Å². The number of aromatic nitrogens is 1. The van der Waals surface area contributed by atoms with Crippen molar-refractivity contribution < 1.29 is 9.32 Å². The number of carbonyl (C=O) groups excluding carboxylic acids is 1. The number of hydrogen-bond donors (Lipinski definition) is 1. The summed E-state index contributed by atoms with van der Waals surface area (Å²) in [6.07, 6.45) is 1.93. The zero-order valence-corrected chi connectivity index (χ0v) is 11.9. The maximum atomic E-state index is 12.4. The number of nitrogens with two attached hydrogens (primary N) is 1. The van der Waals surface area contributed by atoms with E-state index in [0.29, 0.717) is 23.9 Å². The molecule has 21 heavy (non-hydrogen) atoms. The Morgan fingerprint density at radius 2 is 2.00 bits per heavy atom. The number of likely N-dealkylation sites (tertiary alicyclic amines) is 1. The molecule has 1 amide bonds. The number of nitrogens with zero attached hydrogens (tertiary/aromatic N) is 2. The number of carbonyl (C=O) groups is 1. The molecule has 0 spiro atoms. The smallest absolute Gasteiger partial charge is 0.276 e. The third-order valence-electron chi connectivity index (χ3n) is 4.02. The molecule has 1 aromatic carbocycles. The second-order valence-corrected chi connectivity index (χ2v) is 5.41. The van der Waals surface area contributed by atoms with Gasteiger partial charge in [0, 0.05) is 24.7 Å². The van der Waals surface area contributed by atoms with Crippen molar-refractivity contribution in [2.75, 3.05) is 19.6 Å². The predicted octanol–water partition coefficient (Wildman–Crippen LogP) is 2.15. The molecule has 5 heteroatoms. The van der Waals surface area contributed by atoms with E-state index in [4.69, 9.17) is 10.3 Å². The van der Waals surface area contributed by atoms with Crippen molar-refractivity contribution in [3.8, 4) is 11.3 Å². The lowest BCUT2D eigenvalue weighted by Crippen LogP contribution is -2.40. The second kappa shape index (κ2) is 6.10. The van der Waals surface area contributed by atoms with E-state index in [-0.39, 0.29) is 5.91 Å². The molecule has 1 fully saturated rings. The first-order valence-corrected chi connectivity index (χ1v) is 7.29. The normalized spacial score (nSPS) is 16.1. The summed E-state index contributed by atoms with van der Waals surface area (Å²) in [7, 11) is 0. The molecule has 0 aliphatic carbocycles. The van der Waals surface area contributed by atoms with E-state index >= 15 is 0 Å². The Kier molecular flexibility index (Phi) is 4.01. The molecule has 1 aromatic heterocycles. The quantitative estimate of drug-likeness (QED) is 0.938. The van der Waals surface area contributed by atoms with Crippen molar-refractivity contribution >= 4 is 5.91 Å². The van der Waals surface area contributed by atoms with Gasteiger partial charge in [0.2, 0.25) is 0 Å². The topological polar surface area (TPSA) is 72.4 Å². The molecule has 0 atom stereocenters. The predicted molar refractivity (Wildman–Crippen MR) is 79.6 cm³/mol. The number of piperidine rings is 1. The molecule has 0 unspecified atom stereocenters. The van der Waals surface area contributed by atoms with E-state index in [1.165, 1.54) is 0 Å². The SMILES string of the molecule is NCC1CCN(C(=O)c2cc(-c3ccccc3)on2)CC1. The van der Waals surface area contributed by atoms with Gasteiger partial charge in [0.05, 0.1) is 0 Å². The first-order chi connectivity index (χ1) is 10.3. The number of rotatable bonds is 3. The molecule has 3 rings (SSSR count). The average molecular weight is 285 g/mol. The van der Waals surface area contributed by atoms with Crippen LogP contribution in [0, 0.1) is 5.92 Å². The van der Waals surface area contributed by atoms with E-state index < -0.39 is 0 Å². The van der Waals surface area contributed by atoms with E-state index in [2.05, 4.69) is 5.16 Å². The fourth-order valence-corrected chi connectivity index (χ4v) is 2.65. The van der Waals surface area contributed by atoms with Crippen LogP contribution in [0.2, 0.25) is 0 Å². The van der Waals surface area contributed by atoms with Gasteiger partial charge < -0.3 is 15.2 Å². The minimum Gasteiger partial charge on any atom is -0.355 e. The van der Waals surface area contributed by atoms with Crippen LogP contribution in [0.5, 0.6) is 0 Å². The van der Waals surface area contributed by atoms with Crippen LogP contribution >= 0.6 is 0 Å². The zero-order chi connectivity index (χ0) is 14.7. The summed E-state index contributed by atoms with van der Waals surface area (Å²) < 4.78 is 5.29. The Bertz CT molecular complexity index is 601. The number of benzene rings is 1. The van der Waals surface area contributed by atoms with Gasteiger partial charge in [-0.15, -0.1) is 0 Å². The van der Waals surface area contributed by atoms with Gasteiger partial charge in [0.1, 0.15) is 0 Å². The molecule has 2 N–H and O–H groups in total. The highest BCUT2D eigenvalue weighted by Gasteiger charge is 2.25. The van der Waals surface area contributed by atoms with Gasteiger partial charge >= 0.3 is 0 Å². The van der Waals surface area contributed by atoms with Crippen molar-refractivity contribution in [2.45, 2.75) is 12.8 Å². The van der Waals surface area contributed by atoms with Crippen LogP contribution in [-0.4, -0.2) is 35.6 Å². The molecule has 110 valence electrons. The fraction of sp³-hybridized carbons (Fsp3) is 0.375. The maximum absolute atomic E-state index is 12.4. The summed E-state index contributed by atoms with van der Waals surface area (Å²) >= 11 is 0. The minimum absolute atomic E-state index is 0.0589. The summed E-state index contributed by atoms with van der Waals surface area (Å²) in [5.74, 6) is 1.10. The molecule has 1 saturated heterocycles. The van der Waals surface area contributed by atoms with E-state index in [1.54, 1.807) is 6.07 Å². The Labute approximate surface area is 123 Å². The molecular formula is C16H19N3O2. The molecule has 2 aromatic rings. The first kappa shape index (κ1) is 13.8. The van der Waals surface area contributed by atoms with Crippen LogP contribution in [0.25, 0.3) is 11.3 Å². The lowest BCUT2D eigenvalue weighted by Gasteiger charge is -2.30. The molecule has 0 radical (unpaired) electrons. The Hall–Kier alpha value is -2.14. The van der Waals surface area contributed by atoms with Crippen molar-refractivity contribution in [1.29, 1.82) is 0 Å². The molecule has 2 heterocycles. The summed E-state index contributed by atoms with van der Waals surface area (Å²) in [4.78, 5) is 14.2. The standard InChI is InChI=1S/C16H19N3O2/c17-11-12-6-8-19(9-7-12)16(20)14-10-15(21-18-14)13-4-2-1-3-5-13/h1-5,10,12H,6-9,11,17H2. The zero-order valence-electron chi connectivity index (χ0n) is 11.9. The lowest BCUT2D eigenvalue weighted by molar-refractivity contribution is 0.0683. The van der Waals surface area contributed by atoms with E-state index in [1.807, 2.05) is 35.2 Å². The second-order valence-electron chi connectivity index (χ2n) is 5.41. The Morgan fingerprint density at radius 3 is 2.67 bits per heavy atom. The van der Waals surface area contributed by atoms with Gasteiger partial charge in [0.25, 0.3) is 5.91 Å². The van der Waals surface area contributed by atoms with Crippen LogP contribution in [0.3, 0.4) is 0 Å². The van der Waals surface area contributed by atoms with Crippen LogP contribution in [0.1, 0.15) is 23.3 Å². The summed E-state index contributed by atoms with van der Waals surface area (Å²) in [6, 6.07) is 11.4. The van der Waals surface area contributed by atoms with Crippen LogP contribution < -0.4 is 5.73 Å². The Balaban J connectivity index is 1.70. The number of amides is 1. The lowest BCUT2D eigenvalue weighted by atomic mass is 9.97. The number of hydrogen-bond acceptors (Lipinski definition) is 4. The summed E-state index contributed by atoms with van der Waals surface area (Å²) in [5, 5.41) is 3.92. The van der Waals surface area contributed by atoms with Gasteiger partial charge in [-0.25, -0.2) is 0 Å². The molecule has 1 aliphatic rings. The van der Waals surface area contributed by atoms with E-state index in [0.717, 1.165) is 31.5 Å². The highest BCUT2D eigenvalue weighted by atomic mass is 16.5. The van der Waals surface area contributed by atoms with Crippen LogP contribution in [-0.2, 0) is 0 Å². The van der Waals surface area contributed by atoms with Gasteiger partial charge in [-0.2, -0.15) is 0 Å². The minimum atomic E-state index is -0.0589. The van der Waals surface area contributed by atoms with Crippen molar-refractivity contribution in [1.82, 2.24) is 10.1 Å². The highest BCUT2D eigenvalue weighted by molar-refractivity contribution is 5.93. The van der Waals surface area contributed by atoms with Crippen LogP contribution in [0.4, 0.5) is 0 Å². The molecule has 1 aliphatic heterocycles. The molecule has 0 saturated carbocycles. The Morgan fingerprint density at radius 1 is 1.29 bits per heavy atom. The summed E-state index contributed by atoms with van der Waals surface area (Å²) in [6.45, 7) is 2.19. The van der Waals surface area contributed by atoms with E-state index in [9.17, 15) is 4.79 Å². The van der Waals surface area contributed by atoms with Crippen LogP contribution in [0.15, 0.2) is 40.9 Å². The highest BCUT2D eigenvalue weighted by Crippen LogP contribution is 2.22. The van der Waals surface area contributed by atoms with Crippen molar-refractivity contribution in [2.24, 2.45) is 11.7 Å². The maximum Gasteiger partial charge on any atom is 0.276 e. The molecule has 5 nitrogen and oxygen atoms in total. The first-order valence-electron chi connectivity index (χ1n) is 7.29. The van der Waals surface area contributed by atoms with Gasteiger partial charge in [-0.1, -0.05) is 35.5 Å². The largest absolute Gasteiger partial charge is 0.355 e. The summed E-state index contributed by atoms with van der Waals surface area (Å²) in [5.41, 5.74) is 6.97. The average Bonchev–Trinajstić information content (AvgIpc) is 3.05. The third kappa shape index (κ3) is 2.97.